The standard InChI is InChI=1S/C16H21NO4/c1-16(2,3)21-15(20)17-9-13(8-14(17)19)12-6-4-5-11(7-12)10-18/h4-7,13,18H,8-10H2,1-3H3. The molecule has 1 atom stereocenters. The van der Waals surface area contributed by atoms with Gasteiger partial charge in [-0.15, -0.1) is 0 Å². The van der Waals surface area contributed by atoms with Crippen LogP contribution >= 0.6 is 0 Å². The molecule has 0 aliphatic carbocycles. The zero-order chi connectivity index (χ0) is 15.6. The number of aliphatic hydroxyl groups is 1. The topological polar surface area (TPSA) is 66.8 Å². The molecule has 0 radical (unpaired) electrons. The zero-order valence-corrected chi connectivity index (χ0v) is 12.6. The summed E-state index contributed by atoms with van der Waals surface area (Å²) in [6, 6.07) is 7.46. The van der Waals surface area contributed by atoms with E-state index >= 15 is 0 Å². The second-order valence-electron chi connectivity index (χ2n) is 6.29. The van der Waals surface area contributed by atoms with Crippen LogP contribution in [-0.4, -0.2) is 34.2 Å². The molecule has 0 aromatic heterocycles. The molecule has 0 saturated carbocycles. The maximum absolute atomic E-state index is 12.0. The van der Waals surface area contributed by atoms with Gasteiger partial charge in [-0.25, -0.2) is 9.69 Å². The first-order chi connectivity index (χ1) is 9.80. The molecule has 1 fully saturated rings. The van der Waals surface area contributed by atoms with Crippen LogP contribution in [0.25, 0.3) is 0 Å². The number of likely N-dealkylation sites (tertiary alicyclic amines) is 1. The highest BCUT2D eigenvalue weighted by atomic mass is 16.6. The van der Waals surface area contributed by atoms with Gasteiger partial charge in [-0.2, -0.15) is 0 Å². The fourth-order valence-electron chi connectivity index (χ4n) is 2.37. The highest BCUT2D eigenvalue weighted by molar-refractivity contribution is 5.94. The van der Waals surface area contributed by atoms with Crippen LogP contribution in [0.4, 0.5) is 4.79 Å². The Morgan fingerprint density at radius 1 is 1.43 bits per heavy atom. The summed E-state index contributed by atoms with van der Waals surface area (Å²) in [6.07, 6.45) is -0.304. The Labute approximate surface area is 124 Å². The SMILES string of the molecule is CC(C)(C)OC(=O)N1CC(c2cccc(CO)c2)CC1=O. The molecule has 1 N–H and O–H groups in total. The third kappa shape index (κ3) is 3.82. The third-order valence-electron chi connectivity index (χ3n) is 3.34. The van der Waals surface area contributed by atoms with Gasteiger partial charge in [-0.3, -0.25) is 4.79 Å². The molecule has 0 bridgehead atoms. The largest absolute Gasteiger partial charge is 0.443 e. The van der Waals surface area contributed by atoms with Gasteiger partial charge in [0.2, 0.25) is 5.91 Å². The first-order valence-corrected chi connectivity index (χ1v) is 7.03. The predicted molar refractivity (Wildman–Crippen MR) is 77.7 cm³/mol. The number of hydrogen-bond acceptors (Lipinski definition) is 4. The molecule has 1 heterocycles. The van der Waals surface area contributed by atoms with Gasteiger partial charge in [0.05, 0.1) is 6.61 Å². The van der Waals surface area contributed by atoms with Gasteiger partial charge in [0.15, 0.2) is 0 Å². The number of carbonyl (C=O) groups is 2. The molecule has 2 amide bonds. The first kappa shape index (κ1) is 15.5. The molecule has 21 heavy (non-hydrogen) atoms. The maximum atomic E-state index is 12.0. The van der Waals surface area contributed by atoms with E-state index in [-0.39, 0.29) is 24.9 Å². The Kier molecular flexibility index (Phi) is 4.32. The molecule has 114 valence electrons. The summed E-state index contributed by atoms with van der Waals surface area (Å²) in [7, 11) is 0. The van der Waals surface area contributed by atoms with E-state index in [1.807, 2.05) is 24.3 Å². The molecule has 1 saturated heterocycles. The van der Waals surface area contributed by atoms with Gasteiger partial charge in [-0.05, 0) is 31.9 Å². The molecule has 1 aliphatic heterocycles. The van der Waals surface area contributed by atoms with Gasteiger partial charge >= 0.3 is 6.09 Å². The van der Waals surface area contributed by atoms with Crippen molar-refractivity contribution in [1.82, 2.24) is 4.90 Å². The van der Waals surface area contributed by atoms with Crippen molar-refractivity contribution < 1.29 is 19.4 Å². The fourth-order valence-corrected chi connectivity index (χ4v) is 2.37. The van der Waals surface area contributed by atoms with E-state index < -0.39 is 11.7 Å². The van der Waals surface area contributed by atoms with Crippen LogP contribution in [-0.2, 0) is 16.1 Å². The van der Waals surface area contributed by atoms with Crippen molar-refractivity contribution in [3.05, 3.63) is 35.4 Å². The number of rotatable bonds is 2. The van der Waals surface area contributed by atoms with Crippen LogP contribution in [0.15, 0.2) is 24.3 Å². The second-order valence-corrected chi connectivity index (χ2v) is 6.29. The maximum Gasteiger partial charge on any atom is 0.417 e. The minimum atomic E-state index is -0.619. The summed E-state index contributed by atoms with van der Waals surface area (Å²) in [6.45, 7) is 5.60. The van der Waals surface area contributed by atoms with Crippen molar-refractivity contribution in [2.75, 3.05) is 6.54 Å². The number of imide groups is 1. The van der Waals surface area contributed by atoms with Crippen LogP contribution in [0.2, 0.25) is 0 Å². The second kappa shape index (κ2) is 5.85. The number of nitrogens with zero attached hydrogens (tertiary/aromatic N) is 1. The summed E-state index contributed by atoms with van der Waals surface area (Å²) in [5, 5.41) is 9.17. The predicted octanol–water partition coefficient (Wildman–Crippen LogP) is 2.43. The third-order valence-corrected chi connectivity index (χ3v) is 3.34. The van der Waals surface area contributed by atoms with E-state index in [0.29, 0.717) is 6.54 Å². The molecular weight excluding hydrogens is 270 g/mol. The Morgan fingerprint density at radius 2 is 2.14 bits per heavy atom. The van der Waals surface area contributed by atoms with Crippen LogP contribution in [0, 0.1) is 0 Å². The van der Waals surface area contributed by atoms with E-state index in [0.717, 1.165) is 11.1 Å². The summed E-state index contributed by atoms with van der Waals surface area (Å²) in [4.78, 5) is 25.2. The summed E-state index contributed by atoms with van der Waals surface area (Å²) < 4.78 is 5.25. The van der Waals surface area contributed by atoms with E-state index in [1.165, 1.54) is 4.90 Å². The molecule has 1 aromatic carbocycles. The van der Waals surface area contributed by atoms with Gasteiger partial charge in [0.25, 0.3) is 0 Å². The van der Waals surface area contributed by atoms with Crippen molar-refractivity contribution in [2.24, 2.45) is 0 Å². The van der Waals surface area contributed by atoms with E-state index in [4.69, 9.17) is 4.74 Å². The van der Waals surface area contributed by atoms with E-state index in [9.17, 15) is 14.7 Å². The van der Waals surface area contributed by atoms with E-state index in [1.54, 1.807) is 20.8 Å². The summed E-state index contributed by atoms with van der Waals surface area (Å²) in [5.41, 5.74) is 1.14. The quantitative estimate of drug-likeness (QED) is 0.908. The Bertz CT molecular complexity index is 547. The van der Waals surface area contributed by atoms with Crippen LogP contribution in [0.5, 0.6) is 0 Å². The molecule has 2 rings (SSSR count). The van der Waals surface area contributed by atoms with E-state index in [2.05, 4.69) is 0 Å². The molecule has 1 unspecified atom stereocenters. The smallest absolute Gasteiger partial charge is 0.417 e. The molecule has 5 nitrogen and oxygen atoms in total. The number of aliphatic hydroxyl groups excluding tert-OH is 1. The molecular formula is C16H21NO4. The number of benzene rings is 1. The molecule has 0 spiro atoms. The van der Waals surface area contributed by atoms with Gasteiger partial charge in [0.1, 0.15) is 5.60 Å². The lowest BCUT2D eigenvalue weighted by Crippen LogP contribution is -2.37. The van der Waals surface area contributed by atoms with Crippen LogP contribution in [0.3, 0.4) is 0 Å². The normalized spacial score (nSPS) is 19.0. The average molecular weight is 291 g/mol. The Hall–Kier alpha value is -1.88. The summed E-state index contributed by atoms with van der Waals surface area (Å²) >= 11 is 0. The molecule has 1 aromatic rings. The van der Waals surface area contributed by atoms with Crippen molar-refractivity contribution in [2.45, 2.75) is 45.3 Å². The van der Waals surface area contributed by atoms with Gasteiger partial charge in [-0.1, -0.05) is 24.3 Å². The summed E-state index contributed by atoms with van der Waals surface area (Å²) in [5.74, 6) is -0.264. The Balaban J connectivity index is 2.10. The lowest BCUT2D eigenvalue weighted by atomic mass is 9.97. The minimum Gasteiger partial charge on any atom is -0.443 e. The van der Waals surface area contributed by atoms with Crippen molar-refractivity contribution in [3.8, 4) is 0 Å². The monoisotopic (exact) mass is 291 g/mol. The lowest BCUT2D eigenvalue weighted by molar-refractivity contribution is -0.126. The van der Waals surface area contributed by atoms with Crippen LogP contribution < -0.4 is 0 Å². The number of amides is 2. The first-order valence-electron chi connectivity index (χ1n) is 7.03. The molecule has 1 aliphatic rings. The molecule has 5 heteroatoms. The number of ether oxygens (including phenoxy) is 1. The zero-order valence-electron chi connectivity index (χ0n) is 12.6. The van der Waals surface area contributed by atoms with Crippen molar-refractivity contribution in [1.29, 1.82) is 0 Å². The minimum absolute atomic E-state index is 0.0374. The highest BCUT2D eigenvalue weighted by Crippen LogP contribution is 2.29. The number of carbonyl (C=O) groups excluding carboxylic acids is 2. The van der Waals surface area contributed by atoms with Crippen molar-refractivity contribution >= 4 is 12.0 Å². The Morgan fingerprint density at radius 3 is 2.76 bits per heavy atom. The van der Waals surface area contributed by atoms with Crippen LogP contribution in [0.1, 0.15) is 44.2 Å². The average Bonchev–Trinajstić information content (AvgIpc) is 2.79. The lowest BCUT2D eigenvalue weighted by Gasteiger charge is -2.23. The fraction of sp³-hybridized carbons (Fsp3) is 0.500. The highest BCUT2D eigenvalue weighted by Gasteiger charge is 2.37. The number of hydrogen-bond donors (Lipinski definition) is 1. The van der Waals surface area contributed by atoms with Gasteiger partial charge < -0.3 is 9.84 Å². The van der Waals surface area contributed by atoms with Crippen molar-refractivity contribution in [3.63, 3.8) is 0 Å². The van der Waals surface area contributed by atoms with Gasteiger partial charge in [0, 0.05) is 18.9 Å².